The zero-order chi connectivity index (χ0) is 22.0. The average Bonchev–Trinajstić information content (AvgIpc) is 2.74. The summed E-state index contributed by atoms with van der Waals surface area (Å²) in [6, 6.07) is 4.02. The van der Waals surface area contributed by atoms with Gasteiger partial charge in [-0.15, -0.1) is 0 Å². The van der Waals surface area contributed by atoms with Gasteiger partial charge in [0.25, 0.3) is 0 Å². The van der Waals surface area contributed by atoms with Gasteiger partial charge in [-0.2, -0.15) is 0 Å². The molecule has 30 heavy (non-hydrogen) atoms. The zero-order valence-corrected chi connectivity index (χ0v) is 19.2. The molecule has 0 radical (unpaired) electrons. The first-order valence-electron chi connectivity index (χ1n) is 11.3. The van der Waals surface area contributed by atoms with Crippen LogP contribution in [0.5, 0.6) is 0 Å². The molecule has 1 aliphatic heterocycles. The maximum absolute atomic E-state index is 11.6. The Morgan fingerprint density at radius 2 is 2.17 bits per heavy atom. The van der Waals surface area contributed by atoms with Crippen LogP contribution in [0.2, 0.25) is 0 Å². The summed E-state index contributed by atoms with van der Waals surface area (Å²) < 4.78 is 0. The lowest BCUT2D eigenvalue weighted by molar-refractivity contribution is -0.122. The molecule has 0 bridgehead atoms. The van der Waals surface area contributed by atoms with Crippen molar-refractivity contribution in [1.82, 2.24) is 15.6 Å². The third-order valence-electron chi connectivity index (χ3n) is 5.85. The van der Waals surface area contributed by atoms with E-state index >= 15 is 0 Å². The van der Waals surface area contributed by atoms with E-state index in [1.807, 2.05) is 6.07 Å². The first-order chi connectivity index (χ1) is 14.4. The molecule has 1 aromatic rings. The highest BCUT2D eigenvalue weighted by Crippen LogP contribution is 2.25. The lowest BCUT2D eigenvalue weighted by atomic mass is 9.87. The molecule has 2 rings (SSSR count). The highest BCUT2D eigenvalue weighted by Gasteiger charge is 2.26. The van der Waals surface area contributed by atoms with E-state index in [9.17, 15) is 4.79 Å². The first-order valence-corrected chi connectivity index (χ1v) is 11.3. The van der Waals surface area contributed by atoms with Crippen LogP contribution in [0.4, 0.5) is 5.82 Å². The van der Waals surface area contributed by atoms with Gasteiger partial charge in [0.1, 0.15) is 5.82 Å². The number of piperidine rings is 1. The zero-order valence-electron chi connectivity index (χ0n) is 19.2. The van der Waals surface area contributed by atoms with E-state index in [0.717, 1.165) is 43.3 Å². The fourth-order valence-electron chi connectivity index (χ4n) is 3.92. The Kier molecular flexibility index (Phi) is 9.40. The molecule has 4 N–H and O–H groups in total. The molecular formula is C23H40N6O. The van der Waals surface area contributed by atoms with Crippen LogP contribution in [0.15, 0.2) is 23.3 Å². The SMILES string of the molecule is CCCCCC(C)(C)CNC(=NC)NCc1cccnc1N1CCCC(C(N)=O)C1. The summed E-state index contributed by atoms with van der Waals surface area (Å²) in [5.74, 6) is 1.39. The number of rotatable bonds is 10. The van der Waals surface area contributed by atoms with E-state index < -0.39 is 0 Å². The lowest BCUT2D eigenvalue weighted by Gasteiger charge is -2.33. The maximum atomic E-state index is 11.6. The van der Waals surface area contributed by atoms with Crippen molar-refractivity contribution < 1.29 is 4.79 Å². The maximum Gasteiger partial charge on any atom is 0.222 e. The minimum atomic E-state index is -0.221. The highest BCUT2D eigenvalue weighted by atomic mass is 16.1. The molecule has 1 fully saturated rings. The molecule has 0 aliphatic carbocycles. The van der Waals surface area contributed by atoms with Crippen LogP contribution in [-0.4, -0.2) is 43.5 Å². The number of nitrogens with zero attached hydrogens (tertiary/aromatic N) is 3. The number of guanidine groups is 1. The lowest BCUT2D eigenvalue weighted by Crippen LogP contribution is -2.43. The molecule has 0 spiro atoms. The van der Waals surface area contributed by atoms with Crippen LogP contribution in [0.1, 0.15) is 64.9 Å². The number of pyridine rings is 1. The molecule has 0 aromatic carbocycles. The van der Waals surface area contributed by atoms with Crippen LogP contribution in [0.3, 0.4) is 0 Å². The molecule has 7 nitrogen and oxygen atoms in total. The summed E-state index contributed by atoms with van der Waals surface area (Å²) in [7, 11) is 1.80. The predicted octanol–water partition coefficient (Wildman–Crippen LogP) is 3.05. The second-order valence-electron chi connectivity index (χ2n) is 9.07. The van der Waals surface area contributed by atoms with Crippen molar-refractivity contribution in [1.29, 1.82) is 0 Å². The van der Waals surface area contributed by atoms with Crippen molar-refractivity contribution >= 4 is 17.7 Å². The van der Waals surface area contributed by atoms with E-state index in [2.05, 4.69) is 52.3 Å². The number of unbranched alkanes of at least 4 members (excludes halogenated alkanes) is 2. The summed E-state index contributed by atoms with van der Waals surface area (Å²) >= 11 is 0. The molecule has 1 saturated heterocycles. The molecular weight excluding hydrogens is 376 g/mol. The number of aromatic nitrogens is 1. The Morgan fingerprint density at radius 3 is 2.87 bits per heavy atom. The van der Waals surface area contributed by atoms with E-state index in [0.29, 0.717) is 13.1 Å². The molecule has 1 aromatic heterocycles. The third-order valence-corrected chi connectivity index (χ3v) is 5.85. The molecule has 2 heterocycles. The number of primary amides is 1. The van der Waals surface area contributed by atoms with E-state index in [4.69, 9.17) is 5.73 Å². The minimum absolute atomic E-state index is 0.106. The summed E-state index contributed by atoms with van der Waals surface area (Å²) in [6.45, 7) is 9.87. The number of carbonyl (C=O) groups is 1. The van der Waals surface area contributed by atoms with Crippen molar-refractivity contribution in [3.63, 3.8) is 0 Å². The van der Waals surface area contributed by atoms with Crippen LogP contribution in [0.25, 0.3) is 0 Å². The quantitative estimate of drug-likeness (QED) is 0.309. The van der Waals surface area contributed by atoms with Crippen molar-refractivity contribution in [2.75, 3.05) is 31.6 Å². The number of nitrogens with one attached hydrogen (secondary N) is 2. The van der Waals surface area contributed by atoms with E-state index in [-0.39, 0.29) is 17.2 Å². The normalized spacial score (nSPS) is 17.7. The van der Waals surface area contributed by atoms with Crippen LogP contribution in [0, 0.1) is 11.3 Å². The van der Waals surface area contributed by atoms with E-state index in [1.165, 1.54) is 25.7 Å². The van der Waals surface area contributed by atoms with Gasteiger partial charge in [0.15, 0.2) is 5.96 Å². The van der Waals surface area contributed by atoms with Gasteiger partial charge >= 0.3 is 0 Å². The largest absolute Gasteiger partial charge is 0.369 e. The third kappa shape index (κ3) is 7.50. The van der Waals surface area contributed by atoms with Gasteiger partial charge in [-0.05, 0) is 30.7 Å². The first kappa shape index (κ1) is 24.0. The van der Waals surface area contributed by atoms with Gasteiger partial charge < -0.3 is 21.3 Å². The fraction of sp³-hybridized carbons (Fsp3) is 0.696. The Morgan fingerprint density at radius 1 is 1.37 bits per heavy atom. The van der Waals surface area contributed by atoms with Gasteiger partial charge in [0, 0.05) is 45.0 Å². The second kappa shape index (κ2) is 11.8. The van der Waals surface area contributed by atoms with Crippen molar-refractivity contribution in [2.45, 2.75) is 65.8 Å². The van der Waals surface area contributed by atoms with Gasteiger partial charge in [-0.3, -0.25) is 9.79 Å². The Labute approximate surface area is 181 Å². The van der Waals surface area contributed by atoms with Gasteiger partial charge in [-0.25, -0.2) is 4.98 Å². The Bertz CT molecular complexity index is 703. The number of nitrogens with two attached hydrogens (primary N) is 1. The summed E-state index contributed by atoms with van der Waals surface area (Å²) in [5, 5.41) is 6.89. The molecule has 1 atom stereocenters. The molecule has 0 saturated carbocycles. The molecule has 1 amide bonds. The topological polar surface area (TPSA) is 95.6 Å². The number of anilines is 1. The number of hydrogen-bond donors (Lipinski definition) is 3. The van der Waals surface area contributed by atoms with Gasteiger partial charge in [0.05, 0.1) is 5.92 Å². The Hall–Kier alpha value is -2.31. The highest BCUT2D eigenvalue weighted by molar-refractivity contribution is 5.80. The number of amides is 1. The second-order valence-corrected chi connectivity index (χ2v) is 9.07. The van der Waals surface area contributed by atoms with Crippen LogP contribution < -0.4 is 21.3 Å². The number of carbonyl (C=O) groups excluding carboxylic acids is 1. The van der Waals surface area contributed by atoms with Gasteiger partial charge in [-0.1, -0.05) is 46.1 Å². The van der Waals surface area contributed by atoms with Crippen molar-refractivity contribution in [3.8, 4) is 0 Å². The van der Waals surface area contributed by atoms with Crippen molar-refractivity contribution in [3.05, 3.63) is 23.9 Å². The smallest absolute Gasteiger partial charge is 0.222 e. The van der Waals surface area contributed by atoms with E-state index in [1.54, 1.807) is 13.2 Å². The molecule has 1 aliphatic rings. The summed E-state index contributed by atoms with van der Waals surface area (Å²) in [4.78, 5) is 22.8. The summed E-state index contributed by atoms with van der Waals surface area (Å²) in [6.07, 6.45) is 8.61. The molecule has 7 heteroatoms. The van der Waals surface area contributed by atoms with Crippen LogP contribution >= 0.6 is 0 Å². The predicted molar refractivity (Wildman–Crippen MR) is 124 cm³/mol. The fourth-order valence-corrected chi connectivity index (χ4v) is 3.92. The molecule has 1 unspecified atom stereocenters. The summed E-state index contributed by atoms with van der Waals surface area (Å²) in [5.41, 5.74) is 6.86. The number of hydrogen-bond acceptors (Lipinski definition) is 4. The minimum Gasteiger partial charge on any atom is -0.369 e. The number of aliphatic imine (C=N–C) groups is 1. The van der Waals surface area contributed by atoms with Crippen LogP contribution in [-0.2, 0) is 11.3 Å². The Balaban J connectivity index is 1.94. The standard InChI is InChI=1S/C23H40N6O/c1-5-6-7-12-23(2,3)17-28-22(25-4)27-15-18-10-8-13-26-21(18)29-14-9-11-19(16-29)20(24)30/h8,10,13,19H,5-7,9,11-12,14-17H2,1-4H3,(H2,24,30)(H2,25,27,28). The average molecular weight is 417 g/mol. The monoisotopic (exact) mass is 416 g/mol. The van der Waals surface area contributed by atoms with Crippen molar-refractivity contribution in [2.24, 2.45) is 22.1 Å². The molecule has 168 valence electrons. The van der Waals surface area contributed by atoms with Gasteiger partial charge in [0.2, 0.25) is 5.91 Å².